The number of benzene rings is 4. The van der Waals surface area contributed by atoms with Crippen LogP contribution in [-0.4, -0.2) is 0 Å². The minimum Gasteiger partial charge on any atom is -0.475 e. The van der Waals surface area contributed by atoms with Crippen LogP contribution in [0.15, 0.2) is 109 Å². The third-order valence-electron chi connectivity index (χ3n) is 4.59. The van der Waals surface area contributed by atoms with Crippen LogP contribution >= 0.6 is 11.8 Å². The molecule has 0 amide bonds. The second-order valence-corrected chi connectivity index (χ2v) is 8.13. The van der Waals surface area contributed by atoms with Crippen LogP contribution in [0, 0.1) is 0 Å². The molecular weight excluding hydrogens is 404 g/mol. The van der Waals surface area contributed by atoms with Gasteiger partial charge in [-0.25, -0.2) is 0 Å². The average molecular weight is 429 g/mol. The Kier molecular flexibility index (Phi) is 6.65. The number of nitrogens with two attached hydrogens (primary N) is 2. The maximum Gasteiger partial charge on any atom is 0.173 e. The number of thioether (sulfide) groups is 1. The van der Waals surface area contributed by atoms with Crippen molar-refractivity contribution < 1.29 is 9.47 Å². The summed E-state index contributed by atoms with van der Waals surface area (Å²) in [5, 5.41) is 0. The van der Waals surface area contributed by atoms with Gasteiger partial charge in [0.1, 0.15) is 11.5 Å². The van der Waals surface area contributed by atoms with E-state index in [0.717, 1.165) is 11.1 Å². The summed E-state index contributed by atoms with van der Waals surface area (Å²) in [5.74, 6) is 1.41. The monoisotopic (exact) mass is 428 g/mol. The number of rotatable bonds is 8. The van der Waals surface area contributed by atoms with Gasteiger partial charge >= 0.3 is 0 Å². The van der Waals surface area contributed by atoms with Crippen molar-refractivity contribution >= 4 is 23.1 Å². The van der Waals surface area contributed by atoms with Crippen molar-refractivity contribution in [3.05, 3.63) is 120 Å². The molecule has 0 heterocycles. The summed E-state index contributed by atoms with van der Waals surface area (Å²) in [6.07, 6.45) is 0. The zero-order chi connectivity index (χ0) is 21.5. The molecule has 0 saturated heterocycles. The summed E-state index contributed by atoms with van der Waals surface area (Å²) < 4.78 is 12.7. The maximum absolute atomic E-state index is 6.37. The van der Waals surface area contributed by atoms with E-state index in [0.29, 0.717) is 22.9 Å². The van der Waals surface area contributed by atoms with Crippen molar-refractivity contribution in [3.63, 3.8) is 0 Å². The van der Waals surface area contributed by atoms with Crippen LogP contribution in [0.2, 0.25) is 0 Å². The molecule has 0 bridgehead atoms. The summed E-state index contributed by atoms with van der Waals surface area (Å²) >= 11 is 1.57. The molecule has 4 nitrogen and oxygen atoms in total. The Morgan fingerprint density at radius 1 is 0.516 bits per heavy atom. The van der Waals surface area contributed by atoms with Gasteiger partial charge in [-0.1, -0.05) is 84.6 Å². The molecule has 0 aliphatic carbocycles. The summed E-state index contributed by atoms with van der Waals surface area (Å²) in [6.45, 7) is 0. The van der Waals surface area contributed by atoms with E-state index in [4.69, 9.17) is 20.9 Å². The number of hydrogen-bond acceptors (Lipinski definition) is 5. The van der Waals surface area contributed by atoms with Gasteiger partial charge in [0.25, 0.3) is 0 Å². The highest BCUT2D eigenvalue weighted by molar-refractivity contribution is 7.99. The molecular formula is C26H24N2O2S. The van der Waals surface area contributed by atoms with E-state index in [2.05, 4.69) is 0 Å². The summed E-state index contributed by atoms with van der Waals surface area (Å²) in [6, 6.07) is 35.1. The highest BCUT2D eigenvalue weighted by atomic mass is 32.2. The van der Waals surface area contributed by atoms with Gasteiger partial charge in [-0.2, -0.15) is 0 Å². The molecule has 0 aliphatic heterocycles. The van der Waals surface area contributed by atoms with Gasteiger partial charge < -0.3 is 20.9 Å². The van der Waals surface area contributed by atoms with Crippen LogP contribution in [0.3, 0.4) is 0 Å². The minimum atomic E-state index is -0.311. The molecule has 5 heteroatoms. The van der Waals surface area contributed by atoms with Gasteiger partial charge in [-0.05, 0) is 24.3 Å². The molecule has 156 valence electrons. The first kappa shape index (κ1) is 20.7. The average Bonchev–Trinajstić information content (AvgIpc) is 2.79. The van der Waals surface area contributed by atoms with Crippen molar-refractivity contribution in [2.45, 2.75) is 10.9 Å². The van der Waals surface area contributed by atoms with Crippen molar-refractivity contribution in [2.24, 2.45) is 0 Å². The van der Waals surface area contributed by atoms with Crippen molar-refractivity contribution in [3.8, 4) is 11.5 Å². The van der Waals surface area contributed by atoms with Gasteiger partial charge in [0.05, 0.1) is 0 Å². The fourth-order valence-electron chi connectivity index (χ4n) is 3.10. The molecule has 0 spiro atoms. The van der Waals surface area contributed by atoms with Gasteiger partial charge in [0, 0.05) is 34.6 Å². The van der Waals surface area contributed by atoms with Crippen LogP contribution in [-0.2, 0) is 0 Å². The van der Waals surface area contributed by atoms with Crippen molar-refractivity contribution in [2.75, 3.05) is 11.5 Å². The Labute approximate surface area is 186 Å². The summed E-state index contributed by atoms with van der Waals surface area (Å²) in [5.41, 5.74) is 14.7. The highest BCUT2D eigenvalue weighted by Crippen LogP contribution is 2.43. The zero-order valence-corrected chi connectivity index (χ0v) is 17.7. The topological polar surface area (TPSA) is 70.5 Å². The second kappa shape index (κ2) is 9.96. The summed E-state index contributed by atoms with van der Waals surface area (Å²) in [4.78, 5) is 0. The lowest BCUT2D eigenvalue weighted by atomic mass is 10.2. The van der Waals surface area contributed by atoms with E-state index >= 15 is 0 Å². The van der Waals surface area contributed by atoms with Crippen LogP contribution in [0.1, 0.15) is 22.0 Å². The first-order chi connectivity index (χ1) is 15.2. The molecule has 0 fully saturated rings. The molecule has 2 atom stereocenters. The number of nitrogen functional groups attached to an aromatic ring is 2. The predicted molar refractivity (Wildman–Crippen MR) is 129 cm³/mol. The third kappa shape index (κ3) is 5.74. The quantitative estimate of drug-likeness (QED) is 0.250. The minimum absolute atomic E-state index is 0.311. The Balaban J connectivity index is 1.66. The van der Waals surface area contributed by atoms with Gasteiger partial charge in [0.15, 0.2) is 10.9 Å². The van der Waals surface area contributed by atoms with Gasteiger partial charge in [-0.3, -0.25) is 0 Å². The lowest BCUT2D eigenvalue weighted by Crippen LogP contribution is -2.11. The Morgan fingerprint density at radius 2 is 0.935 bits per heavy atom. The molecule has 4 aromatic carbocycles. The molecule has 4 N–H and O–H groups in total. The molecule has 0 radical (unpaired) electrons. The number of anilines is 2. The fraction of sp³-hybridized carbons (Fsp3) is 0.0769. The number of hydrogen-bond donors (Lipinski definition) is 2. The van der Waals surface area contributed by atoms with Crippen LogP contribution in [0.25, 0.3) is 0 Å². The lowest BCUT2D eigenvalue weighted by molar-refractivity contribution is 0.267. The first-order valence-electron chi connectivity index (χ1n) is 9.97. The summed E-state index contributed by atoms with van der Waals surface area (Å²) in [7, 11) is 0. The molecule has 2 unspecified atom stereocenters. The SMILES string of the molecule is Nc1cccc(OC(SC(Oc2cccc(N)c2)c2ccccc2)c2ccccc2)c1. The van der Waals surface area contributed by atoms with Crippen LogP contribution in [0.4, 0.5) is 11.4 Å². The Hall–Kier alpha value is -3.57. The van der Waals surface area contributed by atoms with Gasteiger partial charge in [-0.15, -0.1) is 0 Å². The van der Waals surface area contributed by atoms with Gasteiger partial charge in [0.2, 0.25) is 0 Å². The zero-order valence-electron chi connectivity index (χ0n) is 16.9. The normalized spacial score (nSPS) is 12.6. The Morgan fingerprint density at radius 3 is 1.32 bits per heavy atom. The van der Waals surface area contributed by atoms with Crippen LogP contribution < -0.4 is 20.9 Å². The maximum atomic E-state index is 6.37. The van der Waals surface area contributed by atoms with Crippen LogP contribution in [0.5, 0.6) is 11.5 Å². The largest absolute Gasteiger partial charge is 0.475 e. The molecule has 0 aliphatic rings. The second-order valence-electron chi connectivity index (χ2n) is 7.00. The van der Waals surface area contributed by atoms with E-state index in [1.165, 1.54) is 0 Å². The predicted octanol–water partition coefficient (Wildman–Crippen LogP) is 6.44. The standard InChI is InChI=1S/C26H24N2O2S/c27-21-13-7-15-23(17-21)29-25(19-9-3-1-4-10-19)31-26(20-11-5-2-6-12-20)30-24-16-8-14-22(28)18-24/h1-18,25-26H,27-28H2. The van der Waals surface area contributed by atoms with Crippen molar-refractivity contribution in [1.82, 2.24) is 0 Å². The third-order valence-corrected chi connectivity index (χ3v) is 5.82. The fourth-order valence-corrected chi connectivity index (χ4v) is 4.29. The lowest BCUT2D eigenvalue weighted by Gasteiger charge is -2.26. The molecule has 31 heavy (non-hydrogen) atoms. The van der Waals surface area contributed by atoms with E-state index in [1.54, 1.807) is 11.8 Å². The number of ether oxygens (including phenoxy) is 2. The van der Waals surface area contributed by atoms with Crippen molar-refractivity contribution in [1.29, 1.82) is 0 Å². The molecule has 0 aromatic heterocycles. The first-order valence-corrected chi connectivity index (χ1v) is 10.9. The Bertz CT molecular complexity index is 1020. The molecule has 4 rings (SSSR count). The van der Waals surface area contributed by atoms with E-state index in [9.17, 15) is 0 Å². The molecule has 4 aromatic rings. The molecule has 0 saturated carbocycles. The highest BCUT2D eigenvalue weighted by Gasteiger charge is 2.24. The van der Waals surface area contributed by atoms with E-state index < -0.39 is 0 Å². The van der Waals surface area contributed by atoms with E-state index in [-0.39, 0.29) is 10.9 Å². The van der Waals surface area contributed by atoms with E-state index in [1.807, 2.05) is 109 Å². The smallest absolute Gasteiger partial charge is 0.173 e.